The highest BCUT2D eigenvalue weighted by molar-refractivity contribution is 6.31. The van der Waals surface area contributed by atoms with E-state index in [1.165, 1.54) is 0 Å². The van der Waals surface area contributed by atoms with E-state index >= 15 is 0 Å². The fraction of sp³-hybridized carbons (Fsp3) is 0.533. The van der Waals surface area contributed by atoms with Gasteiger partial charge in [0.2, 0.25) is 5.91 Å². The predicted octanol–water partition coefficient (Wildman–Crippen LogP) is 3.49. The summed E-state index contributed by atoms with van der Waals surface area (Å²) in [5.74, 6) is 1.21. The minimum absolute atomic E-state index is 0.00272. The second-order valence-corrected chi connectivity index (χ2v) is 5.42. The summed E-state index contributed by atoms with van der Waals surface area (Å²) in [6.07, 6.45) is 3.51. The number of ether oxygens (including phenoxy) is 2. The molecule has 0 bridgehead atoms. The number of carbonyl (C=O) groups excluding carboxylic acids is 1. The SMILES string of the molecule is COc1ccc(Cl)cc1NC(=O)CCC1CCOCC1. The number of methoxy groups -OCH3 is 1. The number of amides is 1. The van der Waals surface area contributed by atoms with Gasteiger partial charge in [-0.3, -0.25) is 4.79 Å². The van der Waals surface area contributed by atoms with E-state index in [-0.39, 0.29) is 5.91 Å². The van der Waals surface area contributed by atoms with Gasteiger partial charge in [-0.1, -0.05) is 11.6 Å². The third-order valence-corrected chi connectivity index (χ3v) is 3.79. The third kappa shape index (κ3) is 4.39. The molecule has 5 heteroatoms. The van der Waals surface area contributed by atoms with Crippen molar-refractivity contribution in [3.63, 3.8) is 0 Å². The fourth-order valence-electron chi connectivity index (χ4n) is 2.36. The minimum Gasteiger partial charge on any atom is -0.495 e. The maximum Gasteiger partial charge on any atom is 0.224 e. The standard InChI is InChI=1S/C15H20ClNO3/c1-19-14-4-3-12(16)10-13(14)17-15(18)5-2-11-6-8-20-9-7-11/h3-4,10-11H,2,5-9H2,1H3,(H,17,18). The second kappa shape index (κ2) is 7.50. The van der Waals surface area contributed by atoms with Gasteiger partial charge in [0, 0.05) is 24.7 Å². The number of halogens is 1. The average Bonchev–Trinajstić information content (AvgIpc) is 2.46. The maximum atomic E-state index is 12.0. The lowest BCUT2D eigenvalue weighted by atomic mass is 9.95. The molecule has 1 aliphatic rings. The van der Waals surface area contributed by atoms with Gasteiger partial charge in [0.1, 0.15) is 5.75 Å². The summed E-state index contributed by atoms with van der Waals surface area (Å²) in [6.45, 7) is 1.63. The molecule has 1 N–H and O–H groups in total. The molecular formula is C15H20ClNO3. The van der Waals surface area contributed by atoms with E-state index in [1.807, 2.05) is 0 Å². The third-order valence-electron chi connectivity index (χ3n) is 3.56. The molecule has 0 unspecified atom stereocenters. The van der Waals surface area contributed by atoms with Crippen LogP contribution < -0.4 is 10.1 Å². The number of hydrogen-bond acceptors (Lipinski definition) is 3. The molecule has 2 rings (SSSR count). The van der Waals surface area contributed by atoms with Crippen LogP contribution in [0.1, 0.15) is 25.7 Å². The van der Waals surface area contributed by atoms with Crippen LogP contribution in [0.15, 0.2) is 18.2 Å². The Balaban J connectivity index is 1.86. The highest BCUT2D eigenvalue weighted by Gasteiger charge is 2.16. The van der Waals surface area contributed by atoms with Crippen LogP contribution in [0.25, 0.3) is 0 Å². The van der Waals surface area contributed by atoms with E-state index in [0.717, 1.165) is 32.5 Å². The van der Waals surface area contributed by atoms with E-state index in [0.29, 0.717) is 28.8 Å². The minimum atomic E-state index is -0.00272. The van der Waals surface area contributed by atoms with Crippen LogP contribution in [0, 0.1) is 5.92 Å². The van der Waals surface area contributed by atoms with E-state index in [1.54, 1.807) is 25.3 Å². The van der Waals surface area contributed by atoms with Crippen molar-refractivity contribution < 1.29 is 14.3 Å². The monoisotopic (exact) mass is 297 g/mol. The lowest BCUT2D eigenvalue weighted by molar-refractivity contribution is -0.116. The van der Waals surface area contributed by atoms with Crippen molar-refractivity contribution in [3.8, 4) is 5.75 Å². The average molecular weight is 298 g/mol. The zero-order valence-corrected chi connectivity index (χ0v) is 12.4. The molecule has 0 aromatic heterocycles. The van der Waals surface area contributed by atoms with E-state index < -0.39 is 0 Å². The van der Waals surface area contributed by atoms with Crippen molar-refractivity contribution in [2.75, 3.05) is 25.6 Å². The van der Waals surface area contributed by atoms with Crippen LogP contribution in [-0.2, 0) is 9.53 Å². The Hall–Kier alpha value is -1.26. The first kappa shape index (κ1) is 15.1. The molecule has 1 amide bonds. The van der Waals surface area contributed by atoms with Crippen molar-refractivity contribution >= 4 is 23.2 Å². The molecule has 110 valence electrons. The number of hydrogen-bond donors (Lipinski definition) is 1. The quantitative estimate of drug-likeness (QED) is 0.905. The summed E-state index contributed by atoms with van der Waals surface area (Å²) in [5.41, 5.74) is 0.622. The van der Waals surface area contributed by atoms with Crippen molar-refractivity contribution in [2.24, 2.45) is 5.92 Å². The van der Waals surface area contributed by atoms with Crippen molar-refractivity contribution in [1.29, 1.82) is 0 Å². The summed E-state index contributed by atoms with van der Waals surface area (Å²) in [4.78, 5) is 12.0. The molecular weight excluding hydrogens is 278 g/mol. The summed E-state index contributed by atoms with van der Waals surface area (Å²) >= 11 is 5.94. The Bertz CT molecular complexity index is 458. The first-order valence-electron chi connectivity index (χ1n) is 6.90. The Morgan fingerprint density at radius 1 is 1.45 bits per heavy atom. The van der Waals surface area contributed by atoms with Crippen LogP contribution in [0.4, 0.5) is 5.69 Å². The summed E-state index contributed by atoms with van der Waals surface area (Å²) in [6, 6.07) is 5.18. The Morgan fingerprint density at radius 3 is 2.90 bits per heavy atom. The summed E-state index contributed by atoms with van der Waals surface area (Å²) < 4.78 is 10.5. The van der Waals surface area contributed by atoms with Crippen LogP contribution in [-0.4, -0.2) is 26.2 Å². The zero-order chi connectivity index (χ0) is 14.4. The van der Waals surface area contributed by atoms with Crippen molar-refractivity contribution in [2.45, 2.75) is 25.7 Å². The number of carbonyl (C=O) groups is 1. The fourth-order valence-corrected chi connectivity index (χ4v) is 2.53. The molecule has 1 heterocycles. The van der Waals surface area contributed by atoms with Gasteiger partial charge in [-0.25, -0.2) is 0 Å². The molecule has 0 radical (unpaired) electrons. The molecule has 0 saturated carbocycles. The molecule has 0 spiro atoms. The molecule has 20 heavy (non-hydrogen) atoms. The number of nitrogens with one attached hydrogen (secondary N) is 1. The molecule has 1 aliphatic heterocycles. The lowest BCUT2D eigenvalue weighted by Gasteiger charge is -2.21. The van der Waals surface area contributed by atoms with Gasteiger partial charge in [0.25, 0.3) is 0 Å². The number of benzene rings is 1. The molecule has 1 saturated heterocycles. The van der Waals surface area contributed by atoms with Crippen molar-refractivity contribution in [1.82, 2.24) is 0 Å². The largest absolute Gasteiger partial charge is 0.495 e. The van der Waals surface area contributed by atoms with Crippen LogP contribution >= 0.6 is 11.6 Å². The Labute approximate surface area is 124 Å². The predicted molar refractivity (Wildman–Crippen MR) is 79.4 cm³/mol. The van der Waals surface area contributed by atoms with E-state index in [4.69, 9.17) is 21.1 Å². The highest BCUT2D eigenvalue weighted by atomic mass is 35.5. The normalized spacial score (nSPS) is 15.9. The van der Waals surface area contributed by atoms with E-state index in [2.05, 4.69) is 5.32 Å². The summed E-state index contributed by atoms with van der Waals surface area (Å²) in [5, 5.41) is 3.44. The molecule has 1 aromatic carbocycles. The molecule has 1 aromatic rings. The van der Waals surface area contributed by atoms with Gasteiger partial charge >= 0.3 is 0 Å². The second-order valence-electron chi connectivity index (χ2n) is 4.99. The van der Waals surface area contributed by atoms with Gasteiger partial charge < -0.3 is 14.8 Å². The van der Waals surface area contributed by atoms with Gasteiger partial charge in [-0.2, -0.15) is 0 Å². The van der Waals surface area contributed by atoms with E-state index in [9.17, 15) is 4.79 Å². The number of anilines is 1. The number of rotatable bonds is 5. The molecule has 0 aliphatic carbocycles. The topological polar surface area (TPSA) is 47.6 Å². The Morgan fingerprint density at radius 2 is 2.20 bits per heavy atom. The first-order chi connectivity index (χ1) is 9.69. The van der Waals surface area contributed by atoms with Crippen molar-refractivity contribution in [3.05, 3.63) is 23.2 Å². The van der Waals surface area contributed by atoms with Gasteiger partial charge in [0.05, 0.1) is 12.8 Å². The highest BCUT2D eigenvalue weighted by Crippen LogP contribution is 2.28. The molecule has 1 fully saturated rings. The molecule has 4 nitrogen and oxygen atoms in total. The smallest absolute Gasteiger partial charge is 0.224 e. The van der Waals surface area contributed by atoms with Crippen LogP contribution in [0.2, 0.25) is 5.02 Å². The van der Waals surface area contributed by atoms with Crippen LogP contribution in [0.3, 0.4) is 0 Å². The zero-order valence-electron chi connectivity index (χ0n) is 11.7. The van der Waals surface area contributed by atoms with Gasteiger partial charge in [-0.15, -0.1) is 0 Å². The van der Waals surface area contributed by atoms with Crippen LogP contribution in [0.5, 0.6) is 5.75 Å². The summed E-state index contributed by atoms with van der Waals surface area (Å²) in [7, 11) is 1.57. The maximum absolute atomic E-state index is 12.0. The first-order valence-corrected chi connectivity index (χ1v) is 7.28. The lowest BCUT2D eigenvalue weighted by Crippen LogP contribution is -2.19. The van der Waals surface area contributed by atoms with Gasteiger partial charge in [-0.05, 0) is 43.4 Å². The molecule has 0 atom stereocenters. The Kier molecular flexibility index (Phi) is 5.68. The van der Waals surface area contributed by atoms with Gasteiger partial charge in [0.15, 0.2) is 0 Å².